The summed E-state index contributed by atoms with van der Waals surface area (Å²) in [7, 11) is 0.237. The summed E-state index contributed by atoms with van der Waals surface area (Å²) in [5.41, 5.74) is 0.125. The van der Waals surface area contributed by atoms with Gasteiger partial charge in [0.1, 0.15) is 10.6 Å². The molecule has 0 radical (unpaired) electrons. The van der Waals surface area contributed by atoms with Crippen LogP contribution < -0.4 is 9.46 Å². The van der Waals surface area contributed by atoms with Crippen LogP contribution in [0.2, 0.25) is 0 Å². The Hall–Kier alpha value is -2.13. The smallest absolute Gasteiger partial charge is 0.308 e. The number of aliphatic carboxylic acids is 1. The van der Waals surface area contributed by atoms with E-state index in [1.807, 2.05) is 0 Å². The lowest BCUT2D eigenvalue weighted by atomic mass is 10.1. The highest BCUT2D eigenvalue weighted by molar-refractivity contribution is 7.89. The van der Waals surface area contributed by atoms with E-state index in [0.29, 0.717) is 0 Å². The molecule has 23 heavy (non-hydrogen) atoms. The van der Waals surface area contributed by atoms with Crippen LogP contribution in [0.5, 0.6) is 5.75 Å². The number of nitrogens with zero attached hydrogens (tertiary/aromatic N) is 1. The average molecular weight is 344 g/mol. The van der Waals surface area contributed by atoms with Gasteiger partial charge in [0, 0.05) is 19.2 Å². The quantitative estimate of drug-likeness (QED) is 0.740. The van der Waals surface area contributed by atoms with E-state index in [9.17, 15) is 18.0 Å². The molecule has 0 aliphatic carbocycles. The Kier molecular flexibility index (Phi) is 6.11. The highest BCUT2D eigenvalue weighted by Crippen LogP contribution is 2.25. The van der Waals surface area contributed by atoms with E-state index in [1.165, 1.54) is 51.2 Å². The number of benzene rings is 1. The van der Waals surface area contributed by atoms with Crippen LogP contribution in [0.25, 0.3) is 0 Å². The molecule has 0 aliphatic heterocycles. The molecule has 0 fully saturated rings. The third-order valence-corrected chi connectivity index (χ3v) is 4.72. The number of carboxylic acids is 1. The van der Waals surface area contributed by atoms with Crippen molar-refractivity contribution >= 4 is 21.9 Å². The van der Waals surface area contributed by atoms with Crippen molar-refractivity contribution in [2.75, 3.05) is 27.7 Å². The molecule has 0 bridgehead atoms. The zero-order valence-electron chi connectivity index (χ0n) is 13.4. The number of hydrogen-bond donors (Lipinski definition) is 2. The van der Waals surface area contributed by atoms with Crippen LogP contribution in [0.4, 0.5) is 0 Å². The minimum Gasteiger partial charge on any atom is -0.495 e. The monoisotopic (exact) mass is 344 g/mol. The minimum absolute atomic E-state index is 0.00824. The fourth-order valence-corrected chi connectivity index (χ4v) is 2.84. The number of nitrogens with one attached hydrogen (secondary N) is 1. The average Bonchev–Trinajstić information content (AvgIpc) is 2.53. The largest absolute Gasteiger partial charge is 0.495 e. The van der Waals surface area contributed by atoms with Crippen LogP contribution in [0.3, 0.4) is 0 Å². The maximum Gasteiger partial charge on any atom is 0.308 e. The predicted molar refractivity (Wildman–Crippen MR) is 83.0 cm³/mol. The second-order valence-electron chi connectivity index (χ2n) is 5.00. The summed E-state index contributed by atoms with van der Waals surface area (Å²) in [6.45, 7) is 1.49. The lowest BCUT2D eigenvalue weighted by molar-refractivity contribution is -0.141. The van der Waals surface area contributed by atoms with E-state index in [0.717, 1.165) is 0 Å². The van der Waals surface area contributed by atoms with E-state index in [4.69, 9.17) is 9.84 Å². The van der Waals surface area contributed by atoms with Gasteiger partial charge in [-0.3, -0.25) is 9.59 Å². The Morgan fingerprint density at radius 1 is 1.39 bits per heavy atom. The number of rotatable bonds is 7. The molecule has 0 spiro atoms. The standard InChI is InChI=1S/C14H20N2O6S/c1-9(14(18)19)8-16(3)13(17)10-5-6-11(22-4)12(7-10)23(20,21)15-2/h5-7,9,15H,8H2,1-4H3,(H,18,19). The molecule has 128 valence electrons. The molecule has 1 aromatic rings. The first kappa shape index (κ1) is 18.9. The zero-order valence-corrected chi connectivity index (χ0v) is 14.2. The van der Waals surface area contributed by atoms with Crippen LogP contribution >= 0.6 is 0 Å². The number of sulfonamides is 1. The Balaban J connectivity index is 3.16. The molecule has 1 amide bonds. The molecule has 0 heterocycles. The first-order valence-corrected chi connectivity index (χ1v) is 8.22. The van der Waals surface area contributed by atoms with Gasteiger partial charge in [-0.2, -0.15) is 0 Å². The van der Waals surface area contributed by atoms with Crippen molar-refractivity contribution in [3.63, 3.8) is 0 Å². The van der Waals surface area contributed by atoms with Crippen molar-refractivity contribution in [1.29, 1.82) is 0 Å². The van der Waals surface area contributed by atoms with E-state index in [2.05, 4.69) is 4.72 Å². The number of carbonyl (C=O) groups excluding carboxylic acids is 1. The van der Waals surface area contributed by atoms with Gasteiger partial charge in [0.25, 0.3) is 5.91 Å². The summed E-state index contributed by atoms with van der Waals surface area (Å²) in [4.78, 5) is 24.3. The molecule has 9 heteroatoms. The number of amides is 1. The third kappa shape index (κ3) is 4.42. The molecule has 2 N–H and O–H groups in total. The molecule has 0 saturated heterocycles. The number of methoxy groups -OCH3 is 1. The van der Waals surface area contributed by atoms with Gasteiger partial charge in [0.2, 0.25) is 10.0 Å². The van der Waals surface area contributed by atoms with Crippen LogP contribution in [-0.2, 0) is 14.8 Å². The highest BCUT2D eigenvalue weighted by Gasteiger charge is 2.23. The summed E-state index contributed by atoms with van der Waals surface area (Å²) in [5, 5.41) is 8.89. The van der Waals surface area contributed by atoms with Crippen LogP contribution in [0, 0.1) is 5.92 Å². The summed E-state index contributed by atoms with van der Waals surface area (Å²) >= 11 is 0. The van der Waals surface area contributed by atoms with Gasteiger partial charge in [0.05, 0.1) is 13.0 Å². The fourth-order valence-electron chi connectivity index (χ4n) is 1.92. The molecular formula is C14H20N2O6S. The summed E-state index contributed by atoms with van der Waals surface area (Å²) in [6, 6.07) is 4.01. The van der Waals surface area contributed by atoms with Crippen LogP contribution in [0.1, 0.15) is 17.3 Å². The van der Waals surface area contributed by atoms with Crippen molar-refractivity contribution in [3.8, 4) is 5.75 Å². The molecular weight excluding hydrogens is 324 g/mol. The number of carbonyl (C=O) groups is 2. The number of ether oxygens (including phenoxy) is 1. The van der Waals surface area contributed by atoms with E-state index >= 15 is 0 Å². The fraction of sp³-hybridized carbons (Fsp3) is 0.429. The second-order valence-corrected chi connectivity index (χ2v) is 6.85. The van der Waals surface area contributed by atoms with Crippen molar-refractivity contribution in [2.45, 2.75) is 11.8 Å². The van der Waals surface area contributed by atoms with Crippen LogP contribution in [-0.4, -0.2) is 58.1 Å². The predicted octanol–water partition coefficient (Wildman–Crippen LogP) is 0.396. The van der Waals surface area contributed by atoms with Gasteiger partial charge in [-0.15, -0.1) is 0 Å². The van der Waals surface area contributed by atoms with E-state index < -0.39 is 27.8 Å². The summed E-state index contributed by atoms with van der Waals surface area (Å²) in [5.74, 6) is -2.12. The topological polar surface area (TPSA) is 113 Å². The Morgan fingerprint density at radius 2 is 2.00 bits per heavy atom. The first-order valence-electron chi connectivity index (χ1n) is 6.74. The Morgan fingerprint density at radius 3 is 2.48 bits per heavy atom. The molecule has 1 unspecified atom stereocenters. The minimum atomic E-state index is -3.80. The maximum absolute atomic E-state index is 12.3. The van der Waals surface area contributed by atoms with Gasteiger partial charge in [-0.05, 0) is 25.2 Å². The van der Waals surface area contributed by atoms with Gasteiger partial charge in [-0.25, -0.2) is 13.1 Å². The maximum atomic E-state index is 12.3. The number of carboxylic acid groups (broad SMARTS) is 1. The van der Waals surface area contributed by atoms with Crippen LogP contribution in [0.15, 0.2) is 23.1 Å². The zero-order chi connectivity index (χ0) is 17.8. The van der Waals surface area contributed by atoms with Crippen molar-refractivity contribution in [1.82, 2.24) is 9.62 Å². The van der Waals surface area contributed by atoms with Gasteiger partial charge in [-0.1, -0.05) is 6.92 Å². The lowest BCUT2D eigenvalue weighted by Crippen LogP contribution is -2.33. The molecule has 0 aromatic heterocycles. The van der Waals surface area contributed by atoms with Gasteiger partial charge < -0.3 is 14.7 Å². The molecule has 0 saturated carbocycles. The molecule has 1 atom stereocenters. The Bertz CT molecular complexity index is 701. The molecule has 1 rings (SSSR count). The molecule has 8 nitrogen and oxygen atoms in total. The Labute approximate surface area is 135 Å². The van der Waals surface area contributed by atoms with Crippen molar-refractivity contribution in [3.05, 3.63) is 23.8 Å². The number of hydrogen-bond acceptors (Lipinski definition) is 5. The van der Waals surface area contributed by atoms with Gasteiger partial charge in [0.15, 0.2) is 0 Å². The van der Waals surface area contributed by atoms with Crippen molar-refractivity contribution in [2.24, 2.45) is 5.92 Å². The summed E-state index contributed by atoms with van der Waals surface area (Å²) < 4.78 is 31.2. The van der Waals surface area contributed by atoms with Crippen molar-refractivity contribution < 1.29 is 27.9 Å². The first-order chi connectivity index (χ1) is 10.6. The van der Waals surface area contributed by atoms with E-state index in [-0.39, 0.29) is 22.8 Å². The SMILES string of the molecule is CNS(=O)(=O)c1cc(C(=O)N(C)CC(C)C(=O)O)ccc1OC. The normalized spacial score (nSPS) is 12.5. The third-order valence-electron chi connectivity index (χ3n) is 3.28. The highest BCUT2D eigenvalue weighted by atomic mass is 32.2. The van der Waals surface area contributed by atoms with Gasteiger partial charge >= 0.3 is 5.97 Å². The van der Waals surface area contributed by atoms with E-state index in [1.54, 1.807) is 0 Å². The molecule has 1 aromatic carbocycles. The summed E-state index contributed by atoms with van der Waals surface area (Å²) in [6.07, 6.45) is 0. The second kappa shape index (κ2) is 7.42. The lowest BCUT2D eigenvalue weighted by Gasteiger charge is -2.20. The molecule has 0 aliphatic rings.